The van der Waals surface area contributed by atoms with Crippen LogP contribution in [0.25, 0.3) is 5.69 Å². The van der Waals surface area contributed by atoms with Gasteiger partial charge in [-0.3, -0.25) is 4.90 Å². The van der Waals surface area contributed by atoms with Crippen LogP contribution in [-0.2, 0) is 6.54 Å². The third kappa shape index (κ3) is 4.20. The van der Waals surface area contributed by atoms with E-state index >= 15 is 0 Å². The Morgan fingerprint density at radius 3 is 2.50 bits per heavy atom. The zero-order valence-corrected chi connectivity index (χ0v) is 15.5. The predicted molar refractivity (Wildman–Crippen MR) is 106 cm³/mol. The number of nitrogens with zero attached hydrogens (tertiary/aromatic N) is 4. The molecule has 0 unspecified atom stereocenters. The van der Waals surface area contributed by atoms with Gasteiger partial charge in [-0.2, -0.15) is 5.10 Å². The topological polar surface area (TPSA) is 53.4 Å². The quantitative estimate of drug-likeness (QED) is 0.756. The number of halogens is 1. The summed E-state index contributed by atoms with van der Waals surface area (Å²) in [6.07, 6.45) is 3.26. The number of hydrogen-bond acceptors (Lipinski definition) is 3. The molecular weight excluding hydrogens is 357 g/mol. The Morgan fingerprint density at radius 1 is 1.04 bits per heavy atom. The second kappa shape index (κ2) is 8.22. The van der Waals surface area contributed by atoms with Crippen LogP contribution in [0.5, 0.6) is 0 Å². The van der Waals surface area contributed by atoms with Gasteiger partial charge in [-0.1, -0.05) is 30.3 Å². The Labute approximate surface area is 163 Å². The second-order valence-corrected chi connectivity index (χ2v) is 6.80. The van der Waals surface area contributed by atoms with Crippen molar-refractivity contribution >= 4 is 11.7 Å². The first-order valence-corrected chi connectivity index (χ1v) is 9.31. The zero-order valence-electron chi connectivity index (χ0n) is 15.5. The van der Waals surface area contributed by atoms with E-state index < -0.39 is 5.82 Å². The molecule has 4 rings (SSSR count). The van der Waals surface area contributed by atoms with Crippen LogP contribution in [0.15, 0.2) is 67.0 Å². The van der Waals surface area contributed by atoms with Crippen molar-refractivity contribution < 1.29 is 9.18 Å². The van der Waals surface area contributed by atoms with Crippen molar-refractivity contribution in [3.63, 3.8) is 0 Å². The first-order chi connectivity index (χ1) is 13.7. The number of benzene rings is 2. The average molecular weight is 379 g/mol. The summed E-state index contributed by atoms with van der Waals surface area (Å²) in [6.45, 7) is 3.80. The molecule has 144 valence electrons. The summed E-state index contributed by atoms with van der Waals surface area (Å²) in [5.74, 6) is -0.436. The van der Waals surface area contributed by atoms with Gasteiger partial charge in [0.05, 0.1) is 0 Å². The van der Waals surface area contributed by atoms with Crippen LogP contribution in [-0.4, -0.2) is 51.8 Å². The molecule has 1 saturated heterocycles. The minimum Gasteiger partial charge on any atom is -0.322 e. The minimum atomic E-state index is -0.436. The highest BCUT2D eigenvalue weighted by Crippen LogP contribution is 2.18. The molecule has 28 heavy (non-hydrogen) atoms. The lowest BCUT2D eigenvalue weighted by atomic mass is 10.2. The summed E-state index contributed by atoms with van der Waals surface area (Å²) in [5.41, 5.74) is 2.05. The number of piperazine rings is 1. The highest BCUT2D eigenvalue weighted by atomic mass is 19.1. The van der Waals surface area contributed by atoms with Crippen LogP contribution in [0.2, 0.25) is 0 Å². The van der Waals surface area contributed by atoms with E-state index in [0.717, 1.165) is 19.6 Å². The van der Waals surface area contributed by atoms with Crippen molar-refractivity contribution in [2.24, 2.45) is 0 Å². The van der Waals surface area contributed by atoms with Crippen LogP contribution in [0.4, 0.5) is 14.9 Å². The van der Waals surface area contributed by atoms with E-state index in [1.165, 1.54) is 16.3 Å². The molecule has 0 bridgehead atoms. The highest BCUT2D eigenvalue weighted by Gasteiger charge is 2.21. The fraction of sp³-hybridized carbons (Fsp3) is 0.238. The summed E-state index contributed by atoms with van der Waals surface area (Å²) in [5, 5.41) is 6.81. The second-order valence-electron chi connectivity index (χ2n) is 6.80. The fourth-order valence-corrected chi connectivity index (χ4v) is 3.33. The molecule has 1 N–H and O–H groups in total. The van der Waals surface area contributed by atoms with E-state index in [-0.39, 0.29) is 6.03 Å². The van der Waals surface area contributed by atoms with Gasteiger partial charge in [-0.25, -0.2) is 13.9 Å². The summed E-state index contributed by atoms with van der Waals surface area (Å²) < 4.78 is 15.8. The van der Waals surface area contributed by atoms with E-state index in [1.807, 2.05) is 18.2 Å². The first kappa shape index (κ1) is 18.2. The molecule has 6 nitrogen and oxygen atoms in total. The Kier molecular flexibility index (Phi) is 5.34. The van der Waals surface area contributed by atoms with Crippen LogP contribution in [0.1, 0.15) is 5.56 Å². The first-order valence-electron chi connectivity index (χ1n) is 9.31. The number of carbonyl (C=O) groups excluding carboxylic acids is 1. The molecule has 0 atom stereocenters. The number of carbonyl (C=O) groups is 1. The summed E-state index contributed by atoms with van der Waals surface area (Å²) >= 11 is 0. The van der Waals surface area contributed by atoms with Crippen molar-refractivity contribution in [2.75, 3.05) is 31.5 Å². The molecule has 1 aromatic heterocycles. The van der Waals surface area contributed by atoms with Crippen molar-refractivity contribution in [1.29, 1.82) is 0 Å². The third-order valence-electron chi connectivity index (χ3n) is 4.86. The maximum Gasteiger partial charge on any atom is 0.321 e. The van der Waals surface area contributed by atoms with Crippen molar-refractivity contribution in [3.8, 4) is 5.69 Å². The van der Waals surface area contributed by atoms with Crippen molar-refractivity contribution in [2.45, 2.75) is 6.54 Å². The molecule has 7 heteroatoms. The van der Waals surface area contributed by atoms with Crippen LogP contribution < -0.4 is 5.32 Å². The Morgan fingerprint density at radius 2 is 1.82 bits per heavy atom. The lowest BCUT2D eigenvalue weighted by Crippen LogP contribution is -2.49. The highest BCUT2D eigenvalue weighted by molar-refractivity contribution is 5.89. The molecule has 1 fully saturated rings. The molecular formula is C21H22FN5O. The zero-order chi connectivity index (χ0) is 19.3. The minimum absolute atomic E-state index is 0.203. The molecule has 3 aromatic rings. The molecule has 0 aliphatic carbocycles. The molecule has 1 aliphatic rings. The average Bonchev–Trinajstić information content (AvgIpc) is 3.24. The molecule has 0 radical (unpaired) electrons. The van der Waals surface area contributed by atoms with Gasteiger partial charge in [0.25, 0.3) is 0 Å². The molecule has 0 spiro atoms. The van der Waals surface area contributed by atoms with Crippen molar-refractivity contribution in [3.05, 3.63) is 78.4 Å². The monoisotopic (exact) mass is 379 g/mol. The lowest BCUT2D eigenvalue weighted by Gasteiger charge is -2.34. The molecule has 2 aromatic carbocycles. The summed E-state index contributed by atoms with van der Waals surface area (Å²) in [7, 11) is 0. The number of urea groups is 1. The Balaban J connectivity index is 1.32. The van der Waals surface area contributed by atoms with E-state index in [1.54, 1.807) is 35.5 Å². The van der Waals surface area contributed by atoms with Crippen molar-refractivity contribution in [1.82, 2.24) is 19.6 Å². The maximum absolute atomic E-state index is 14.3. The number of nitrogens with one attached hydrogen (secondary N) is 1. The molecule has 1 aliphatic heterocycles. The van der Waals surface area contributed by atoms with Crippen LogP contribution >= 0.6 is 0 Å². The third-order valence-corrected chi connectivity index (χ3v) is 4.86. The van der Waals surface area contributed by atoms with E-state index in [0.29, 0.717) is 24.5 Å². The Hall–Kier alpha value is -3.19. The maximum atomic E-state index is 14.3. The van der Waals surface area contributed by atoms with Gasteiger partial charge >= 0.3 is 6.03 Å². The van der Waals surface area contributed by atoms with Gasteiger partial charge in [0.2, 0.25) is 0 Å². The smallest absolute Gasteiger partial charge is 0.321 e. The van der Waals surface area contributed by atoms with Gasteiger partial charge in [0, 0.05) is 50.8 Å². The SMILES string of the molecule is O=C(Nc1ccc(-n2cccn2)c(F)c1)N1CCN(Cc2ccccc2)CC1. The number of anilines is 1. The van der Waals surface area contributed by atoms with E-state index in [2.05, 4.69) is 27.4 Å². The van der Waals surface area contributed by atoms with Gasteiger partial charge in [-0.05, 0) is 29.8 Å². The van der Waals surface area contributed by atoms with Crippen LogP contribution in [0.3, 0.4) is 0 Å². The van der Waals surface area contributed by atoms with Gasteiger partial charge in [0.15, 0.2) is 5.82 Å². The fourth-order valence-electron chi connectivity index (χ4n) is 3.33. The number of aromatic nitrogens is 2. The number of rotatable bonds is 4. The molecule has 0 saturated carbocycles. The Bertz CT molecular complexity index is 921. The van der Waals surface area contributed by atoms with E-state index in [9.17, 15) is 9.18 Å². The largest absolute Gasteiger partial charge is 0.322 e. The van der Waals surface area contributed by atoms with E-state index in [4.69, 9.17) is 0 Å². The van der Waals surface area contributed by atoms with Crippen LogP contribution in [0, 0.1) is 5.82 Å². The standard InChI is InChI=1S/C21H22FN5O/c22-19-15-18(7-8-20(19)27-10-4-9-23-27)24-21(28)26-13-11-25(12-14-26)16-17-5-2-1-3-6-17/h1-10,15H,11-14,16H2,(H,24,28). The van der Waals surface area contributed by atoms with Gasteiger partial charge in [-0.15, -0.1) is 0 Å². The molecule has 2 heterocycles. The number of hydrogen-bond donors (Lipinski definition) is 1. The lowest BCUT2D eigenvalue weighted by molar-refractivity contribution is 0.143. The van der Waals surface area contributed by atoms with Gasteiger partial charge < -0.3 is 10.2 Å². The summed E-state index contributed by atoms with van der Waals surface area (Å²) in [6, 6.07) is 16.4. The number of amides is 2. The normalized spacial score (nSPS) is 14.8. The van der Waals surface area contributed by atoms with Gasteiger partial charge in [0.1, 0.15) is 5.69 Å². The molecule has 2 amide bonds. The summed E-state index contributed by atoms with van der Waals surface area (Å²) in [4.78, 5) is 16.6. The predicted octanol–water partition coefficient (Wildman–Crippen LogP) is 3.36.